The van der Waals surface area contributed by atoms with Crippen molar-refractivity contribution in [3.8, 4) is 5.75 Å². The normalized spacial score (nSPS) is 19.0. The van der Waals surface area contributed by atoms with Gasteiger partial charge in [0.1, 0.15) is 17.2 Å². The summed E-state index contributed by atoms with van der Waals surface area (Å²) in [5.74, 6) is -2.57. The molecule has 9 heteroatoms. The summed E-state index contributed by atoms with van der Waals surface area (Å²) >= 11 is 0. The molecule has 2 heterocycles. The lowest BCUT2D eigenvalue weighted by Gasteiger charge is -2.43. The Morgan fingerprint density at radius 1 is 1.31 bits per heavy atom. The molecule has 0 unspecified atom stereocenters. The maximum absolute atomic E-state index is 15.7. The van der Waals surface area contributed by atoms with Crippen LogP contribution in [-0.4, -0.2) is 45.8 Å². The van der Waals surface area contributed by atoms with Gasteiger partial charge in [-0.2, -0.15) is 8.78 Å². The van der Waals surface area contributed by atoms with Gasteiger partial charge in [0, 0.05) is 35.3 Å². The van der Waals surface area contributed by atoms with Crippen LogP contribution < -0.4 is 4.74 Å². The summed E-state index contributed by atoms with van der Waals surface area (Å²) in [6.45, 7) is 1.37. The summed E-state index contributed by atoms with van der Waals surface area (Å²) in [5.41, 5.74) is 0.515. The number of carboxylic acid groups (broad SMARTS) is 1. The van der Waals surface area contributed by atoms with Gasteiger partial charge in [0.25, 0.3) is 0 Å². The smallest absolute Gasteiger partial charge is 0.387 e. The summed E-state index contributed by atoms with van der Waals surface area (Å²) < 4.78 is 62.2. The molecule has 35 heavy (non-hydrogen) atoms. The fourth-order valence-corrected chi connectivity index (χ4v) is 4.83. The molecular formula is C26H26F4N2O3. The minimum atomic E-state index is -3.25. The van der Waals surface area contributed by atoms with Crippen molar-refractivity contribution < 1.29 is 32.2 Å². The van der Waals surface area contributed by atoms with Crippen LogP contribution in [0.2, 0.25) is 0 Å². The van der Waals surface area contributed by atoms with E-state index in [-0.39, 0.29) is 23.7 Å². The molecule has 2 N–H and O–H groups in total. The van der Waals surface area contributed by atoms with Gasteiger partial charge < -0.3 is 14.8 Å². The van der Waals surface area contributed by atoms with Crippen molar-refractivity contribution in [2.45, 2.75) is 51.6 Å². The average Bonchev–Trinajstić information content (AvgIpc) is 3.10. The lowest BCUT2D eigenvalue weighted by atomic mass is 9.86. The van der Waals surface area contributed by atoms with Gasteiger partial charge in [-0.25, -0.2) is 13.6 Å². The number of aromatic amines is 1. The summed E-state index contributed by atoms with van der Waals surface area (Å²) in [6.07, 6.45) is 2.42. The van der Waals surface area contributed by atoms with Gasteiger partial charge in [-0.3, -0.25) is 4.90 Å². The Hall–Kier alpha value is -3.33. The Labute approximate surface area is 200 Å². The fourth-order valence-electron chi connectivity index (χ4n) is 4.83. The number of aliphatic carboxylic acids is 1. The third-order valence-electron chi connectivity index (χ3n) is 6.10. The van der Waals surface area contributed by atoms with Crippen molar-refractivity contribution >= 4 is 22.9 Å². The first kappa shape index (κ1) is 24.8. The van der Waals surface area contributed by atoms with E-state index in [4.69, 9.17) is 9.84 Å². The molecule has 5 nitrogen and oxygen atoms in total. The van der Waals surface area contributed by atoms with Gasteiger partial charge in [0.05, 0.1) is 11.6 Å². The maximum Gasteiger partial charge on any atom is 0.387 e. The lowest BCUT2D eigenvalue weighted by molar-refractivity contribution is -0.131. The zero-order chi connectivity index (χ0) is 25.5. The fraction of sp³-hybridized carbons (Fsp3) is 0.346. The number of ether oxygens (including phenoxy) is 1. The average molecular weight is 490 g/mol. The Morgan fingerprint density at radius 3 is 2.69 bits per heavy atom. The third-order valence-corrected chi connectivity index (χ3v) is 6.10. The largest absolute Gasteiger partial charge is 0.478 e. The van der Waals surface area contributed by atoms with E-state index in [0.717, 1.165) is 34.7 Å². The van der Waals surface area contributed by atoms with Crippen LogP contribution in [0.3, 0.4) is 0 Å². The van der Waals surface area contributed by atoms with Crippen LogP contribution in [-0.2, 0) is 11.2 Å². The van der Waals surface area contributed by atoms with E-state index in [9.17, 15) is 18.0 Å². The molecule has 2 atom stereocenters. The van der Waals surface area contributed by atoms with Gasteiger partial charge in [-0.1, -0.05) is 18.2 Å². The molecule has 0 amide bonds. The number of benzene rings is 2. The summed E-state index contributed by atoms with van der Waals surface area (Å²) in [4.78, 5) is 15.9. The second-order valence-corrected chi connectivity index (χ2v) is 9.37. The molecule has 0 saturated heterocycles. The Kier molecular flexibility index (Phi) is 6.64. The standard InChI is InChI=1S/C26H26F4N2O3/c1-14-10-17-16-6-4-5-7-19(16)31-23(17)24(32(14)13-26(2,3)30)22-18(27)11-15(8-9-21(33)34)12-20(22)35-25(28)29/h4-9,11-12,14,24-25,31H,10,13H2,1-3H3,(H,33,34)/b9-8+/t14-,24-/m1/s1. The second-order valence-electron chi connectivity index (χ2n) is 9.37. The number of para-hydroxylation sites is 1. The molecule has 2 aromatic carbocycles. The predicted octanol–water partition coefficient (Wildman–Crippen LogP) is 6.09. The minimum absolute atomic E-state index is 0.0439. The molecule has 3 aromatic rings. The minimum Gasteiger partial charge on any atom is -0.478 e. The van der Waals surface area contributed by atoms with Crippen molar-refractivity contribution in [3.63, 3.8) is 0 Å². The number of hydrogen-bond donors (Lipinski definition) is 2. The SMILES string of the molecule is C[C@@H]1Cc2c([nH]c3ccccc23)[C@@H](c2c(F)cc(/C=C/C(=O)O)cc2OC(F)F)N1CC(C)(C)F. The third kappa shape index (κ3) is 5.19. The van der Waals surface area contributed by atoms with E-state index >= 15 is 4.39 Å². The first-order valence-electron chi connectivity index (χ1n) is 11.2. The Balaban J connectivity index is 1.97. The van der Waals surface area contributed by atoms with E-state index in [1.54, 1.807) is 4.90 Å². The van der Waals surface area contributed by atoms with Gasteiger partial charge in [0.15, 0.2) is 0 Å². The van der Waals surface area contributed by atoms with Crippen LogP contribution >= 0.6 is 0 Å². The highest BCUT2D eigenvalue weighted by Gasteiger charge is 2.41. The summed E-state index contributed by atoms with van der Waals surface area (Å²) in [6, 6.07) is 8.57. The van der Waals surface area contributed by atoms with E-state index in [1.165, 1.54) is 19.9 Å². The van der Waals surface area contributed by atoms with Gasteiger partial charge >= 0.3 is 12.6 Å². The molecule has 4 rings (SSSR count). The molecule has 186 valence electrons. The van der Waals surface area contributed by atoms with Crippen molar-refractivity contribution in [2.75, 3.05) is 6.54 Å². The van der Waals surface area contributed by atoms with Gasteiger partial charge in [-0.15, -0.1) is 0 Å². The van der Waals surface area contributed by atoms with E-state index in [2.05, 4.69) is 4.98 Å². The first-order valence-corrected chi connectivity index (χ1v) is 11.2. The molecule has 0 fully saturated rings. The van der Waals surface area contributed by atoms with Crippen LogP contribution in [0.5, 0.6) is 5.75 Å². The number of fused-ring (bicyclic) bond motifs is 3. The van der Waals surface area contributed by atoms with Crippen LogP contribution in [0, 0.1) is 5.82 Å². The number of H-pyrrole nitrogens is 1. The van der Waals surface area contributed by atoms with Gasteiger partial charge in [0.2, 0.25) is 0 Å². The number of aromatic nitrogens is 1. The van der Waals surface area contributed by atoms with Crippen LogP contribution in [0.25, 0.3) is 17.0 Å². The number of rotatable bonds is 7. The molecular weight excluding hydrogens is 464 g/mol. The predicted molar refractivity (Wildman–Crippen MR) is 125 cm³/mol. The monoisotopic (exact) mass is 490 g/mol. The van der Waals surface area contributed by atoms with Crippen molar-refractivity contribution in [3.05, 3.63) is 70.7 Å². The number of hydrogen-bond acceptors (Lipinski definition) is 3. The van der Waals surface area contributed by atoms with Crippen molar-refractivity contribution in [1.29, 1.82) is 0 Å². The molecule has 0 saturated carbocycles. The Morgan fingerprint density at radius 2 is 2.03 bits per heavy atom. The van der Waals surface area contributed by atoms with Crippen molar-refractivity contribution in [1.82, 2.24) is 9.88 Å². The second kappa shape index (κ2) is 9.37. The number of carbonyl (C=O) groups is 1. The molecule has 0 bridgehead atoms. The number of carboxylic acids is 1. The number of nitrogens with one attached hydrogen (secondary N) is 1. The zero-order valence-electron chi connectivity index (χ0n) is 19.5. The highest BCUT2D eigenvalue weighted by atomic mass is 19.3. The molecule has 0 radical (unpaired) electrons. The molecule has 1 aromatic heterocycles. The maximum atomic E-state index is 15.7. The Bertz CT molecular complexity index is 1280. The number of alkyl halides is 3. The molecule has 1 aliphatic rings. The van der Waals surface area contributed by atoms with Crippen LogP contribution in [0.1, 0.15) is 49.2 Å². The summed E-state index contributed by atoms with van der Waals surface area (Å²) in [7, 11) is 0. The molecule has 1 aliphatic heterocycles. The molecule has 0 aliphatic carbocycles. The quantitative estimate of drug-likeness (QED) is 0.311. The van der Waals surface area contributed by atoms with Crippen LogP contribution in [0.4, 0.5) is 17.6 Å². The van der Waals surface area contributed by atoms with Crippen LogP contribution in [0.15, 0.2) is 42.5 Å². The van der Waals surface area contributed by atoms with Gasteiger partial charge in [-0.05, 0) is 62.6 Å². The highest BCUT2D eigenvalue weighted by molar-refractivity contribution is 5.86. The van der Waals surface area contributed by atoms with E-state index < -0.39 is 35.9 Å². The highest BCUT2D eigenvalue weighted by Crippen LogP contribution is 2.45. The topological polar surface area (TPSA) is 65.6 Å². The number of nitrogens with zero attached hydrogens (tertiary/aromatic N) is 1. The zero-order valence-corrected chi connectivity index (χ0v) is 19.5. The van der Waals surface area contributed by atoms with Crippen molar-refractivity contribution in [2.24, 2.45) is 0 Å². The number of halogens is 4. The molecule has 0 spiro atoms. The van der Waals surface area contributed by atoms with E-state index in [1.807, 2.05) is 31.2 Å². The summed E-state index contributed by atoms with van der Waals surface area (Å²) in [5, 5.41) is 9.82. The first-order chi connectivity index (χ1) is 16.4. The van der Waals surface area contributed by atoms with E-state index in [0.29, 0.717) is 12.1 Å². The lowest BCUT2D eigenvalue weighted by Crippen LogP contribution is -2.48.